The first-order valence-electron chi connectivity index (χ1n) is 6.85. The summed E-state index contributed by atoms with van der Waals surface area (Å²) in [5, 5.41) is 10.3. The molecule has 3 rings (SSSR count). The lowest BCUT2D eigenvalue weighted by atomic mass is 10.0. The van der Waals surface area contributed by atoms with Crippen molar-refractivity contribution in [2.45, 2.75) is 45.1 Å². The molecule has 2 aliphatic carbocycles. The summed E-state index contributed by atoms with van der Waals surface area (Å²) < 4.78 is 0. The van der Waals surface area contributed by atoms with Crippen molar-refractivity contribution < 1.29 is 5.11 Å². The van der Waals surface area contributed by atoms with Crippen molar-refractivity contribution in [1.82, 2.24) is 4.98 Å². The second-order valence-corrected chi connectivity index (χ2v) is 5.79. The molecule has 0 bridgehead atoms. The van der Waals surface area contributed by atoms with Crippen molar-refractivity contribution in [2.24, 2.45) is 17.8 Å². The Kier molecular flexibility index (Phi) is 2.91. The van der Waals surface area contributed by atoms with Gasteiger partial charge in [-0.1, -0.05) is 18.9 Å². The average Bonchev–Trinajstić information content (AvgIpc) is 3.06. The lowest BCUT2D eigenvalue weighted by Gasteiger charge is -2.09. The number of pyridine rings is 1. The molecule has 1 aromatic heterocycles. The summed E-state index contributed by atoms with van der Waals surface area (Å²) in [6.45, 7) is 2.04. The fraction of sp³-hybridized carbons (Fsp3) is 0.667. The van der Waals surface area contributed by atoms with E-state index in [0.717, 1.165) is 24.0 Å². The summed E-state index contributed by atoms with van der Waals surface area (Å²) >= 11 is 0. The quantitative estimate of drug-likeness (QED) is 0.867. The zero-order chi connectivity index (χ0) is 11.8. The van der Waals surface area contributed by atoms with Gasteiger partial charge in [-0.3, -0.25) is 4.98 Å². The Labute approximate surface area is 103 Å². The van der Waals surface area contributed by atoms with Crippen LogP contribution < -0.4 is 0 Å². The summed E-state index contributed by atoms with van der Waals surface area (Å²) in [6.07, 6.45) is 7.88. The fourth-order valence-electron chi connectivity index (χ4n) is 3.59. The summed E-state index contributed by atoms with van der Waals surface area (Å²) in [4.78, 5) is 4.39. The smallest absolute Gasteiger partial charge is 0.0629 e. The van der Waals surface area contributed by atoms with Crippen molar-refractivity contribution in [2.75, 3.05) is 0 Å². The van der Waals surface area contributed by atoms with E-state index < -0.39 is 0 Å². The van der Waals surface area contributed by atoms with Crippen LogP contribution in [0.3, 0.4) is 0 Å². The van der Waals surface area contributed by atoms with Gasteiger partial charge in [0.15, 0.2) is 0 Å². The van der Waals surface area contributed by atoms with Crippen molar-refractivity contribution in [3.8, 4) is 0 Å². The number of aliphatic hydroxyl groups excluding tert-OH is 1. The Morgan fingerprint density at radius 1 is 1.29 bits per heavy atom. The third-order valence-corrected chi connectivity index (χ3v) is 4.56. The van der Waals surface area contributed by atoms with Gasteiger partial charge >= 0.3 is 0 Å². The number of nitrogens with zero attached hydrogens (tertiary/aromatic N) is 1. The predicted molar refractivity (Wildman–Crippen MR) is 67.6 cm³/mol. The molecule has 17 heavy (non-hydrogen) atoms. The number of aryl methyl sites for hydroxylation is 1. The third-order valence-electron chi connectivity index (χ3n) is 4.56. The van der Waals surface area contributed by atoms with Crippen LogP contribution in [0.15, 0.2) is 18.3 Å². The predicted octanol–water partition coefficient (Wildman–Crippen LogP) is 2.73. The maximum atomic E-state index is 10.3. The minimum Gasteiger partial charge on any atom is -0.392 e. The van der Waals surface area contributed by atoms with E-state index in [1.54, 1.807) is 0 Å². The van der Waals surface area contributed by atoms with E-state index in [0.29, 0.717) is 5.92 Å². The maximum absolute atomic E-state index is 10.3. The van der Waals surface area contributed by atoms with Crippen LogP contribution >= 0.6 is 0 Å². The zero-order valence-electron chi connectivity index (χ0n) is 10.5. The topological polar surface area (TPSA) is 33.1 Å². The van der Waals surface area contributed by atoms with Crippen LogP contribution in [0.2, 0.25) is 0 Å². The lowest BCUT2D eigenvalue weighted by molar-refractivity contribution is 0.139. The molecule has 1 N–H and O–H groups in total. The van der Waals surface area contributed by atoms with Gasteiger partial charge in [-0.2, -0.15) is 0 Å². The first kappa shape index (κ1) is 11.2. The van der Waals surface area contributed by atoms with E-state index >= 15 is 0 Å². The molecule has 2 fully saturated rings. The van der Waals surface area contributed by atoms with E-state index in [-0.39, 0.29) is 6.10 Å². The monoisotopic (exact) mass is 231 g/mol. The van der Waals surface area contributed by atoms with Gasteiger partial charge < -0.3 is 5.11 Å². The molecule has 0 saturated heterocycles. The zero-order valence-corrected chi connectivity index (χ0v) is 10.5. The molecule has 0 amide bonds. The van der Waals surface area contributed by atoms with Crippen LogP contribution in [-0.2, 0) is 6.42 Å². The van der Waals surface area contributed by atoms with Gasteiger partial charge in [0.2, 0.25) is 0 Å². The summed E-state index contributed by atoms with van der Waals surface area (Å²) in [7, 11) is 0. The molecule has 2 nitrogen and oxygen atoms in total. The SMILES string of the molecule is Cc1ccc(CC(O)C2C3CCCCC32)nc1. The van der Waals surface area contributed by atoms with Crippen LogP contribution in [0.1, 0.15) is 36.9 Å². The third kappa shape index (κ3) is 2.23. The lowest BCUT2D eigenvalue weighted by Crippen LogP contribution is -2.15. The van der Waals surface area contributed by atoms with Crippen LogP contribution in [-0.4, -0.2) is 16.2 Å². The van der Waals surface area contributed by atoms with Gasteiger partial charge in [0, 0.05) is 18.3 Å². The normalized spacial score (nSPS) is 32.9. The maximum Gasteiger partial charge on any atom is 0.0629 e. The molecule has 0 aliphatic heterocycles. The molecule has 1 aromatic rings. The van der Waals surface area contributed by atoms with Crippen molar-refractivity contribution in [3.63, 3.8) is 0 Å². The fourth-order valence-corrected chi connectivity index (χ4v) is 3.59. The van der Waals surface area contributed by atoms with Crippen molar-refractivity contribution in [3.05, 3.63) is 29.6 Å². The molecule has 3 unspecified atom stereocenters. The van der Waals surface area contributed by atoms with Crippen LogP contribution in [0.5, 0.6) is 0 Å². The first-order chi connectivity index (χ1) is 8.25. The minimum absolute atomic E-state index is 0.168. The largest absolute Gasteiger partial charge is 0.392 e. The van der Waals surface area contributed by atoms with Gasteiger partial charge in [0.05, 0.1) is 6.10 Å². The van der Waals surface area contributed by atoms with Gasteiger partial charge in [-0.15, -0.1) is 0 Å². The minimum atomic E-state index is -0.168. The summed E-state index contributed by atoms with van der Waals surface area (Å²) in [5.41, 5.74) is 2.22. The summed E-state index contributed by atoms with van der Waals surface area (Å²) in [5.74, 6) is 2.22. The molecular formula is C15H21NO. The highest BCUT2D eigenvalue weighted by molar-refractivity contribution is 5.14. The molecular weight excluding hydrogens is 210 g/mol. The highest BCUT2D eigenvalue weighted by Crippen LogP contribution is 2.57. The van der Waals surface area contributed by atoms with E-state index in [4.69, 9.17) is 0 Å². The Balaban J connectivity index is 1.60. The highest BCUT2D eigenvalue weighted by Gasteiger charge is 2.53. The Bertz CT molecular complexity index is 374. The summed E-state index contributed by atoms with van der Waals surface area (Å²) in [6, 6.07) is 4.12. The molecule has 0 radical (unpaired) electrons. The number of aliphatic hydroxyl groups is 1. The van der Waals surface area contributed by atoms with Gasteiger partial charge in [0.1, 0.15) is 0 Å². The molecule has 2 aliphatic rings. The number of hydrogen-bond donors (Lipinski definition) is 1. The standard InChI is InChI=1S/C15H21NO/c1-10-6-7-11(16-9-10)8-14(17)15-12-4-2-3-5-13(12)15/h6-7,9,12-15,17H,2-5,8H2,1H3. The van der Waals surface area contributed by atoms with Crippen molar-refractivity contribution in [1.29, 1.82) is 0 Å². The van der Waals surface area contributed by atoms with E-state index in [9.17, 15) is 5.11 Å². The van der Waals surface area contributed by atoms with Gasteiger partial charge in [-0.05, 0) is 49.1 Å². The number of fused-ring (bicyclic) bond motifs is 1. The molecule has 3 atom stereocenters. The van der Waals surface area contributed by atoms with E-state index in [2.05, 4.69) is 11.1 Å². The Morgan fingerprint density at radius 3 is 2.59 bits per heavy atom. The first-order valence-corrected chi connectivity index (χ1v) is 6.85. The van der Waals surface area contributed by atoms with Crippen molar-refractivity contribution >= 4 is 0 Å². The number of rotatable bonds is 3. The molecule has 2 heteroatoms. The van der Waals surface area contributed by atoms with Gasteiger partial charge in [-0.25, -0.2) is 0 Å². The van der Waals surface area contributed by atoms with Crippen LogP contribution in [0.4, 0.5) is 0 Å². The molecule has 0 aromatic carbocycles. The molecule has 1 heterocycles. The van der Waals surface area contributed by atoms with E-state index in [1.807, 2.05) is 19.2 Å². The average molecular weight is 231 g/mol. The van der Waals surface area contributed by atoms with Crippen LogP contribution in [0.25, 0.3) is 0 Å². The number of hydrogen-bond acceptors (Lipinski definition) is 2. The second-order valence-electron chi connectivity index (χ2n) is 5.79. The van der Waals surface area contributed by atoms with Gasteiger partial charge in [0.25, 0.3) is 0 Å². The molecule has 92 valence electrons. The Hall–Kier alpha value is -0.890. The second kappa shape index (κ2) is 4.41. The number of aromatic nitrogens is 1. The molecule has 0 spiro atoms. The highest BCUT2D eigenvalue weighted by atomic mass is 16.3. The Morgan fingerprint density at radius 2 is 2.00 bits per heavy atom. The van der Waals surface area contributed by atoms with Crippen LogP contribution in [0, 0.1) is 24.7 Å². The molecule has 2 saturated carbocycles. The van der Waals surface area contributed by atoms with E-state index in [1.165, 1.54) is 31.2 Å².